The molecule has 6 heteroatoms. The van der Waals surface area contributed by atoms with Gasteiger partial charge in [0, 0.05) is 26.2 Å². The van der Waals surface area contributed by atoms with Crippen LogP contribution in [0.5, 0.6) is 0 Å². The van der Waals surface area contributed by atoms with Gasteiger partial charge in [-0.1, -0.05) is 43.7 Å². The number of nitrogens with zero attached hydrogens (tertiary/aromatic N) is 6. The molecule has 1 aromatic carbocycles. The lowest BCUT2D eigenvalue weighted by Crippen LogP contribution is -2.48. The SMILES string of the molecule is CCN1CCN([C@@H](c2ccc(C)cc2)c2nnnn2C(C)(C)CC)CC1. The Kier molecular flexibility index (Phi) is 5.73. The molecule has 0 radical (unpaired) electrons. The van der Waals surface area contributed by atoms with Crippen LogP contribution in [0, 0.1) is 6.92 Å². The van der Waals surface area contributed by atoms with Crippen molar-refractivity contribution in [3.63, 3.8) is 0 Å². The van der Waals surface area contributed by atoms with Crippen LogP contribution in [0.1, 0.15) is 57.1 Å². The number of piperazine rings is 1. The van der Waals surface area contributed by atoms with Crippen LogP contribution in [0.15, 0.2) is 24.3 Å². The molecule has 0 unspecified atom stereocenters. The summed E-state index contributed by atoms with van der Waals surface area (Å²) in [4.78, 5) is 5.03. The second-order valence-electron chi connectivity index (χ2n) is 7.90. The van der Waals surface area contributed by atoms with E-state index in [9.17, 15) is 0 Å². The van der Waals surface area contributed by atoms with E-state index >= 15 is 0 Å². The van der Waals surface area contributed by atoms with Gasteiger partial charge in [-0.15, -0.1) is 5.10 Å². The first-order valence-corrected chi connectivity index (χ1v) is 9.78. The van der Waals surface area contributed by atoms with Crippen molar-refractivity contribution < 1.29 is 0 Å². The summed E-state index contributed by atoms with van der Waals surface area (Å²) in [6, 6.07) is 8.91. The maximum atomic E-state index is 4.49. The predicted molar refractivity (Wildman–Crippen MR) is 104 cm³/mol. The maximum absolute atomic E-state index is 4.49. The summed E-state index contributed by atoms with van der Waals surface area (Å²) in [5.74, 6) is 0.950. The highest BCUT2D eigenvalue weighted by molar-refractivity contribution is 5.28. The van der Waals surface area contributed by atoms with Gasteiger partial charge in [-0.3, -0.25) is 4.90 Å². The number of benzene rings is 1. The van der Waals surface area contributed by atoms with E-state index < -0.39 is 0 Å². The summed E-state index contributed by atoms with van der Waals surface area (Å²) in [6.07, 6.45) is 0.981. The molecular formula is C20H32N6. The molecule has 1 aromatic heterocycles. The summed E-state index contributed by atoms with van der Waals surface area (Å²) in [7, 11) is 0. The van der Waals surface area contributed by atoms with E-state index in [0.717, 1.165) is 45.0 Å². The minimum atomic E-state index is -0.104. The Bertz CT molecular complexity index is 697. The normalized spacial score (nSPS) is 18.2. The highest BCUT2D eigenvalue weighted by Crippen LogP contribution is 2.31. The molecule has 142 valence electrons. The Hall–Kier alpha value is -1.79. The quantitative estimate of drug-likeness (QED) is 0.797. The van der Waals surface area contributed by atoms with Gasteiger partial charge in [-0.2, -0.15) is 0 Å². The predicted octanol–water partition coefficient (Wildman–Crippen LogP) is 2.85. The van der Waals surface area contributed by atoms with E-state index in [2.05, 4.69) is 84.2 Å². The lowest BCUT2D eigenvalue weighted by Gasteiger charge is -2.39. The molecule has 2 aromatic rings. The second-order valence-corrected chi connectivity index (χ2v) is 7.90. The van der Waals surface area contributed by atoms with E-state index in [1.54, 1.807) is 0 Å². The van der Waals surface area contributed by atoms with E-state index in [-0.39, 0.29) is 11.6 Å². The van der Waals surface area contributed by atoms with Crippen LogP contribution in [0.25, 0.3) is 0 Å². The van der Waals surface area contributed by atoms with Gasteiger partial charge >= 0.3 is 0 Å². The highest BCUT2D eigenvalue weighted by Gasteiger charge is 2.33. The first-order chi connectivity index (χ1) is 12.5. The average Bonchev–Trinajstić information content (AvgIpc) is 3.14. The van der Waals surface area contributed by atoms with Crippen LogP contribution in [0.3, 0.4) is 0 Å². The Morgan fingerprint density at radius 1 is 1.04 bits per heavy atom. The number of hydrogen-bond donors (Lipinski definition) is 0. The molecule has 1 aliphatic heterocycles. The summed E-state index contributed by atoms with van der Waals surface area (Å²) in [5, 5.41) is 12.9. The molecule has 0 aliphatic carbocycles. The summed E-state index contributed by atoms with van der Waals surface area (Å²) >= 11 is 0. The van der Waals surface area contributed by atoms with Crippen molar-refractivity contribution in [1.82, 2.24) is 30.0 Å². The summed E-state index contributed by atoms with van der Waals surface area (Å²) in [6.45, 7) is 16.3. The lowest BCUT2D eigenvalue weighted by atomic mass is 9.98. The van der Waals surface area contributed by atoms with E-state index in [4.69, 9.17) is 0 Å². The van der Waals surface area contributed by atoms with Crippen LogP contribution in [0.4, 0.5) is 0 Å². The molecule has 1 saturated heterocycles. The Morgan fingerprint density at radius 2 is 1.69 bits per heavy atom. The van der Waals surface area contributed by atoms with Crippen molar-refractivity contribution in [1.29, 1.82) is 0 Å². The van der Waals surface area contributed by atoms with Gasteiger partial charge in [0.1, 0.15) is 0 Å². The van der Waals surface area contributed by atoms with Crippen molar-refractivity contribution >= 4 is 0 Å². The molecule has 0 bridgehead atoms. The zero-order valence-electron chi connectivity index (χ0n) is 16.8. The van der Waals surface area contributed by atoms with Gasteiger partial charge in [0.2, 0.25) is 0 Å². The Morgan fingerprint density at radius 3 is 2.27 bits per heavy atom. The number of hydrogen-bond acceptors (Lipinski definition) is 5. The minimum Gasteiger partial charge on any atom is -0.301 e. The van der Waals surface area contributed by atoms with Gasteiger partial charge < -0.3 is 4.90 Å². The monoisotopic (exact) mass is 356 g/mol. The zero-order valence-corrected chi connectivity index (χ0v) is 16.8. The zero-order chi connectivity index (χ0) is 18.7. The van der Waals surface area contributed by atoms with E-state index in [1.807, 2.05) is 4.68 Å². The average molecular weight is 357 g/mol. The fourth-order valence-electron chi connectivity index (χ4n) is 3.56. The van der Waals surface area contributed by atoms with Crippen molar-refractivity contribution in [2.45, 2.75) is 52.6 Å². The molecule has 0 saturated carbocycles. The lowest BCUT2D eigenvalue weighted by molar-refractivity contribution is 0.105. The maximum Gasteiger partial charge on any atom is 0.173 e. The Labute approximate surface area is 157 Å². The van der Waals surface area contributed by atoms with Crippen LogP contribution >= 0.6 is 0 Å². The molecule has 3 rings (SSSR count). The van der Waals surface area contributed by atoms with Crippen molar-refractivity contribution in [3.8, 4) is 0 Å². The molecule has 0 spiro atoms. The third-order valence-electron chi connectivity index (χ3n) is 5.79. The topological polar surface area (TPSA) is 50.1 Å². The fourth-order valence-corrected chi connectivity index (χ4v) is 3.56. The molecule has 26 heavy (non-hydrogen) atoms. The van der Waals surface area contributed by atoms with Crippen LogP contribution in [0.2, 0.25) is 0 Å². The molecular weight excluding hydrogens is 324 g/mol. The van der Waals surface area contributed by atoms with Crippen LogP contribution < -0.4 is 0 Å². The third kappa shape index (κ3) is 3.81. The molecule has 0 N–H and O–H groups in total. The molecule has 1 aliphatic rings. The number of aryl methyl sites for hydroxylation is 1. The minimum absolute atomic E-state index is 0.0930. The van der Waals surface area contributed by atoms with Gasteiger partial charge in [0.05, 0.1) is 11.6 Å². The summed E-state index contributed by atoms with van der Waals surface area (Å²) in [5.41, 5.74) is 2.44. The fraction of sp³-hybridized carbons (Fsp3) is 0.650. The third-order valence-corrected chi connectivity index (χ3v) is 5.79. The van der Waals surface area contributed by atoms with Crippen molar-refractivity contribution in [2.75, 3.05) is 32.7 Å². The van der Waals surface area contributed by atoms with Crippen LogP contribution in [-0.2, 0) is 5.54 Å². The van der Waals surface area contributed by atoms with Gasteiger partial charge in [0.25, 0.3) is 0 Å². The Balaban J connectivity index is 1.99. The number of tetrazole rings is 1. The first-order valence-electron chi connectivity index (χ1n) is 9.78. The van der Waals surface area contributed by atoms with Crippen molar-refractivity contribution in [3.05, 3.63) is 41.2 Å². The van der Waals surface area contributed by atoms with Crippen LogP contribution in [-0.4, -0.2) is 62.7 Å². The van der Waals surface area contributed by atoms with E-state index in [1.165, 1.54) is 11.1 Å². The van der Waals surface area contributed by atoms with Crippen molar-refractivity contribution in [2.24, 2.45) is 0 Å². The largest absolute Gasteiger partial charge is 0.301 e. The number of aromatic nitrogens is 4. The van der Waals surface area contributed by atoms with Gasteiger partial charge in [0.15, 0.2) is 5.82 Å². The second kappa shape index (κ2) is 7.84. The van der Waals surface area contributed by atoms with Gasteiger partial charge in [-0.25, -0.2) is 4.68 Å². The number of rotatable bonds is 6. The summed E-state index contributed by atoms with van der Waals surface area (Å²) < 4.78 is 2.03. The molecule has 2 heterocycles. The standard InChI is InChI=1S/C20H32N6/c1-6-20(4,5)26-19(21-22-23-26)18(17-10-8-16(3)9-11-17)25-14-12-24(7-2)13-15-25/h8-11,18H,6-7,12-15H2,1-5H3/t18-/m0/s1. The molecule has 1 atom stereocenters. The first kappa shape index (κ1) is 19.0. The number of likely N-dealkylation sites (N-methyl/N-ethyl adjacent to an activating group) is 1. The molecule has 1 fully saturated rings. The van der Waals surface area contributed by atoms with Gasteiger partial charge in [-0.05, 0) is 49.7 Å². The molecule has 0 amide bonds. The smallest absolute Gasteiger partial charge is 0.173 e. The highest BCUT2D eigenvalue weighted by atomic mass is 15.6. The van der Waals surface area contributed by atoms with E-state index in [0.29, 0.717) is 0 Å². The molecule has 6 nitrogen and oxygen atoms in total.